The van der Waals surface area contributed by atoms with Gasteiger partial charge in [-0.3, -0.25) is 20.9 Å². The fourth-order valence-electron chi connectivity index (χ4n) is 1.17. The first kappa shape index (κ1) is 14.4. The number of hydrazone groups is 1. The van der Waals surface area contributed by atoms with Gasteiger partial charge in [-0.05, 0) is 18.6 Å². The average Bonchev–Trinajstić information content (AvgIpc) is 2.33. The third kappa shape index (κ3) is 3.40. The number of nitriles is 1. The minimum Gasteiger partial charge on any atom is -0.382 e. The molecule has 0 aromatic heterocycles. The Morgan fingerprint density at radius 1 is 1.68 bits per heavy atom. The van der Waals surface area contributed by atoms with Crippen molar-refractivity contribution in [3.63, 3.8) is 0 Å². The van der Waals surface area contributed by atoms with E-state index in [1.165, 1.54) is 12.1 Å². The first-order chi connectivity index (χ1) is 8.86. The molecule has 8 nitrogen and oxygen atoms in total. The number of nitro benzene ring substituents is 1. The zero-order valence-corrected chi connectivity index (χ0v) is 10.5. The number of hydrogen-bond acceptors (Lipinski definition) is 6. The third-order valence-electron chi connectivity index (χ3n) is 2.12. The molecule has 0 saturated heterocycles. The van der Waals surface area contributed by atoms with E-state index < -0.39 is 10.8 Å². The van der Waals surface area contributed by atoms with Crippen molar-refractivity contribution in [2.45, 2.75) is 6.92 Å². The number of nitro groups is 1. The molecule has 1 aromatic rings. The number of hydrogen-bond donors (Lipinski definition) is 3. The summed E-state index contributed by atoms with van der Waals surface area (Å²) in [5, 5.41) is 30.4. The van der Waals surface area contributed by atoms with Gasteiger partial charge in [-0.1, -0.05) is 11.6 Å². The van der Waals surface area contributed by atoms with E-state index in [2.05, 4.69) is 10.5 Å². The van der Waals surface area contributed by atoms with Gasteiger partial charge < -0.3 is 5.73 Å². The van der Waals surface area contributed by atoms with Crippen molar-refractivity contribution in [3.05, 3.63) is 32.8 Å². The summed E-state index contributed by atoms with van der Waals surface area (Å²) in [4.78, 5) is 10.3. The zero-order chi connectivity index (χ0) is 14.6. The predicted octanol–water partition coefficient (Wildman–Crippen LogP) is 1.78. The molecule has 0 atom stereocenters. The monoisotopic (exact) mass is 280 g/mol. The molecule has 9 heteroatoms. The maximum atomic E-state index is 10.9. The highest BCUT2D eigenvalue weighted by atomic mass is 35.5. The van der Waals surface area contributed by atoms with Crippen molar-refractivity contribution in [2.24, 2.45) is 10.8 Å². The van der Waals surface area contributed by atoms with E-state index in [1.54, 1.807) is 13.0 Å². The molecule has 4 N–H and O–H groups in total. The largest absolute Gasteiger partial charge is 0.382 e. The lowest BCUT2D eigenvalue weighted by atomic mass is 10.2. The number of nitrogens with zero attached hydrogens (tertiary/aromatic N) is 3. The Morgan fingerprint density at radius 2 is 2.32 bits per heavy atom. The van der Waals surface area contributed by atoms with Crippen LogP contribution in [0.25, 0.3) is 0 Å². The van der Waals surface area contributed by atoms with Crippen LogP contribution in [0.3, 0.4) is 0 Å². The minimum absolute atomic E-state index is 0.00889. The molecule has 0 amide bonds. The molecule has 0 aliphatic heterocycles. The van der Waals surface area contributed by atoms with Gasteiger partial charge in [0.2, 0.25) is 5.71 Å². The maximum absolute atomic E-state index is 10.9. The molecular weight excluding hydrogens is 272 g/mol. The molecule has 19 heavy (non-hydrogen) atoms. The van der Waals surface area contributed by atoms with E-state index in [0.717, 1.165) is 0 Å². The standard InChI is InChI=1S/C10H9ClN6O2/c1-5-2-9(17(18)19)7(3-6(5)11)15-16-8(4-12)10(13)14/h2-3,15H,1H3,(H3,13,14)/b16-8+. The van der Waals surface area contributed by atoms with Crippen LogP contribution in [0.4, 0.5) is 11.4 Å². The smallest absolute Gasteiger partial charge is 0.294 e. The molecular formula is C10H9ClN6O2. The van der Waals surface area contributed by atoms with Crippen LogP contribution in [0, 0.1) is 33.8 Å². The molecule has 0 aliphatic rings. The summed E-state index contributed by atoms with van der Waals surface area (Å²) in [6.45, 7) is 1.62. The molecule has 1 rings (SSSR count). The summed E-state index contributed by atoms with van der Waals surface area (Å²) in [6, 6.07) is 4.17. The van der Waals surface area contributed by atoms with E-state index in [4.69, 9.17) is 28.0 Å². The summed E-state index contributed by atoms with van der Waals surface area (Å²) >= 11 is 5.86. The Kier molecular flexibility index (Phi) is 4.39. The second kappa shape index (κ2) is 5.79. The van der Waals surface area contributed by atoms with E-state index in [-0.39, 0.29) is 17.1 Å². The first-order valence-electron chi connectivity index (χ1n) is 4.89. The molecule has 98 valence electrons. The van der Waals surface area contributed by atoms with Crippen LogP contribution in [-0.4, -0.2) is 16.5 Å². The lowest BCUT2D eigenvalue weighted by Gasteiger charge is -2.05. The molecule has 0 heterocycles. The number of nitrogens with two attached hydrogens (primary N) is 1. The van der Waals surface area contributed by atoms with E-state index in [0.29, 0.717) is 10.6 Å². The Labute approximate surface area is 113 Å². The van der Waals surface area contributed by atoms with E-state index >= 15 is 0 Å². The fraction of sp³-hybridized carbons (Fsp3) is 0.100. The Balaban J connectivity index is 3.21. The summed E-state index contributed by atoms with van der Waals surface area (Å²) in [5.74, 6) is -0.545. The minimum atomic E-state index is -0.610. The van der Waals surface area contributed by atoms with Crippen LogP contribution in [0.2, 0.25) is 5.02 Å². The van der Waals surface area contributed by atoms with Crippen molar-refractivity contribution in [2.75, 3.05) is 5.43 Å². The lowest BCUT2D eigenvalue weighted by molar-refractivity contribution is -0.384. The summed E-state index contributed by atoms with van der Waals surface area (Å²) < 4.78 is 0. The molecule has 0 saturated carbocycles. The number of aryl methyl sites for hydroxylation is 1. The third-order valence-corrected chi connectivity index (χ3v) is 2.53. The lowest BCUT2D eigenvalue weighted by Crippen LogP contribution is -2.22. The maximum Gasteiger partial charge on any atom is 0.294 e. The number of nitrogens with one attached hydrogen (secondary N) is 2. The molecule has 0 aliphatic carbocycles. The Morgan fingerprint density at radius 3 is 2.79 bits per heavy atom. The van der Waals surface area contributed by atoms with Crippen molar-refractivity contribution < 1.29 is 4.92 Å². The van der Waals surface area contributed by atoms with Crippen LogP contribution in [0.5, 0.6) is 0 Å². The quantitative estimate of drug-likeness (QED) is 0.333. The number of rotatable bonds is 4. The van der Waals surface area contributed by atoms with Gasteiger partial charge in [0.1, 0.15) is 11.8 Å². The molecule has 0 bridgehead atoms. The summed E-state index contributed by atoms with van der Waals surface area (Å²) in [6.07, 6.45) is 0. The highest BCUT2D eigenvalue weighted by molar-refractivity contribution is 6.45. The second-order valence-corrected chi connectivity index (χ2v) is 3.88. The number of amidine groups is 1. The highest BCUT2D eigenvalue weighted by Crippen LogP contribution is 2.30. The summed E-state index contributed by atoms with van der Waals surface area (Å²) in [7, 11) is 0. The second-order valence-electron chi connectivity index (χ2n) is 3.47. The van der Waals surface area contributed by atoms with Crippen LogP contribution in [0.1, 0.15) is 5.56 Å². The van der Waals surface area contributed by atoms with Gasteiger partial charge in [0.05, 0.1) is 4.92 Å². The van der Waals surface area contributed by atoms with Gasteiger partial charge in [-0.2, -0.15) is 10.4 Å². The molecule has 0 unspecified atom stereocenters. The van der Waals surface area contributed by atoms with E-state index in [9.17, 15) is 10.1 Å². The van der Waals surface area contributed by atoms with Crippen LogP contribution >= 0.6 is 11.6 Å². The number of halogens is 1. The number of benzene rings is 1. The van der Waals surface area contributed by atoms with Gasteiger partial charge in [0, 0.05) is 11.1 Å². The SMILES string of the molecule is Cc1cc([N+](=O)[O-])c(N/N=C(\C#N)C(=N)N)cc1Cl. The fourth-order valence-corrected chi connectivity index (χ4v) is 1.33. The van der Waals surface area contributed by atoms with Crippen molar-refractivity contribution in [1.29, 1.82) is 10.7 Å². The van der Waals surface area contributed by atoms with E-state index in [1.807, 2.05) is 0 Å². The zero-order valence-electron chi connectivity index (χ0n) is 9.77. The van der Waals surface area contributed by atoms with Crippen molar-refractivity contribution in [1.82, 2.24) is 0 Å². The van der Waals surface area contributed by atoms with Crippen molar-refractivity contribution in [3.8, 4) is 6.07 Å². The van der Waals surface area contributed by atoms with Gasteiger partial charge in [-0.15, -0.1) is 0 Å². The molecule has 1 aromatic carbocycles. The average molecular weight is 281 g/mol. The highest BCUT2D eigenvalue weighted by Gasteiger charge is 2.16. The topological polar surface area (TPSA) is 141 Å². The molecule has 0 spiro atoms. The summed E-state index contributed by atoms with van der Waals surface area (Å²) in [5.41, 5.74) is 7.33. The Bertz CT molecular complexity index is 619. The first-order valence-corrected chi connectivity index (χ1v) is 5.27. The molecule has 0 fully saturated rings. The Hall–Kier alpha value is -2.66. The predicted molar refractivity (Wildman–Crippen MR) is 71.4 cm³/mol. The van der Waals surface area contributed by atoms with Gasteiger partial charge in [0.15, 0.2) is 5.84 Å². The normalized spacial score (nSPS) is 10.7. The van der Waals surface area contributed by atoms with Crippen LogP contribution < -0.4 is 11.2 Å². The number of anilines is 1. The van der Waals surface area contributed by atoms with Gasteiger partial charge >= 0.3 is 0 Å². The van der Waals surface area contributed by atoms with Gasteiger partial charge in [-0.25, -0.2) is 0 Å². The van der Waals surface area contributed by atoms with Gasteiger partial charge in [0.25, 0.3) is 5.69 Å². The van der Waals surface area contributed by atoms with Crippen molar-refractivity contribution >= 4 is 34.5 Å². The van der Waals surface area contributed by atoms with Crippen LogP contribution in [0.15, 0.2) is 17.2 Å². The molecule has 0 radical (unpaired) electrons. The van der Waals surface area contributed by atoms with Crippen LogP contribution in [-0.2, 0) is 0 Å².